The molecular formula is C16H18F2N4OS2. The maximum Gasteiger partial charge on any atom is 0.180 e. The molecule has 0 amide bonds. The van der Waals surface area contributed by atoms with Crippen LogP contribution in [0.1, 0.15) is 23.1 Å². The van der Waals surface area contributed by atoms with Crippen molar-refractivity contribution < 1.29 is 13.9 Å². The van der Waals surface area contributed by atoms with Gasteiger partial charge < -0.3 is 20.5 Å². The number of benzene rings is 1. The van der Waals surface area contributed by atoms with Crippen LogP contribution in [-0.2, 0) is 12.3 Å². The number of nitrogens with two attached hydrogens (primary N) is 1. The summed E-state index contributed by atoms with van der Waals surface area (Å²) in [6.07, 6.45) is 1.86. The van der Waals surface area contributed by atoms with E-state index < -0.39 is 11.6 Å². The summed E-state index contributed by atoms with van der Waals surface area (Å²) in [4.78, 5) is 5.32. The van der Waals surface area contributed by atoms with Crippen LogP contribution >= 0.6 is 23.3 Å². The van der Waals surface area contributed by atoms with Gasteiger partial charge in [0.1, 0.15) is 5.69 Å². The Labute approximate surface area is 152 Å². The predicted molar refractivity (Wildman–Crippen MR) is 97.4 cm³/mol. The smallest absolute Gasteiger partial charge is 0.180 e. The molecule has 0 spiro atoms. The first-order valence-electron chi connectivity index (χ1n) is 7.65. The number of hydrogen-bond acceptors (Lipinski definition) is 7. The Balaban J connectivity index is 1.77. The predicted octanol–water partition coefficient (Wildman–Crippen LogP) is 2.94. The average Bonchev–Trinajstić information content (AvgIpc) is 2.96. The van der Waals surface area contributed by atoms with Gasteiger partial charge in [-0.25, -0.2) is 13.8 Å². The van der Waals surface area contributed by atoms with Crippen molar-refractivity contribution in [3.63, 3.8) is 0 Å². The zero-order chi connectivity index (χ0) is 18.0. The minimum atomic E-state index is -0.844. The average molecular weight is 384 g/mol. The number of halogens is 2. The van der Waals surface area contributed by atoms with Gasteiger partial charge >= 0.3 is 0 Å². The lowest BCUT2D eigenvalue weighted by Crippen LogP contribution is -2.31. The fraction of sp³-hybridized carbons (Fsp3) is 0.312. The van der Waals surface area contributed by atoms with Crippen LogP contribution in [0, 0.1) is 11.6 Å². The Kier molecular flexibility index (Phi) is 5.45. The van der Waals surface area contributed by atoms with Gasteiger partial charge in [0.25, 0.3) is 0 Å². The van der Waals surface area contributed by atoms with Crippen molar-refractivity contribution in [1.29, 1.82) is 0 Å². The summed E-state index contributed by atoms with van der Waals surface area (Å²) in [6.45, 7) is 2.41. The summed E-state index contributed by atoms with van der Waals surface area (Å²) in [5.74, 6) is -1.36. The van der Waals surface area contributed by atoms with Crippen molar-refractivity contribution in [2.75, 3.05) is 12.3 Å². The number of aliphatic hydroxyl groups excluding tert-OH is 1. The number of aliphatic hydroxyl groups is 1. The van der Waals surface area contributed by atoms with Crippen LogP contribution in [0.5, 0.6) is 0 Å². The van der Waals surface area contributed by atoms with E-state index in [0.717, 1.165) is 22.3 Å². The Bertz CT molecular complexity index is 796. The topological polar surface area (TPSA) is 74.4 Å². The molecule has 1 aliphatic rings. The molecule has 1 aromatic carbocycles. The molecule has 0 bridgehead atoms. The van der Waals surface area contributed by atoms with E-state index in [1.165, 1.54) is 29.4 Å². The van der Waals surface area contributed by atoms with Crippen molar-refractivity contribution >= 4 is 34.1 Å². The summed E-state index contributed by atoms with van der Waals surface area (Å²) in [5.41, 5.74) is 7.66. The van der Waals surface area contributed by atoms with Gasteiger partial charge in [-0.3, -0.25) is 0 Å². The third-order valence-electron chi connectivity index (χ3n) is 3.63. The first kappa shape index (κ1) is 18.0. The van der Waals surface area contributed by atoms with E-state index >= 15 is 0 Å². The van der Waals surface area contributed by atoms with Crippen molar-refractivity contribution in [1.82, 2.24) is 14.6 Å². The van der Waals surface area contributed by atoms with E-state index in [1.807, 2.05) is 17.4 Å². The van der Waals surface area contributed by atoms with Crippen molar-refractivity contribution in [3.05, 3.63) is 52.2 Å². The highest BCUT2D eigenvalue weighted by Crippen LogP contribution is 2.35. The molecule has 5 nitrogen and oxygen atoms in total. The minimum Gasteiger partial charge on any atom is -0.394 e. The second kappa shape index (κ2) is 7.59. The molecular weight excluding hydrogens is 366 g/mol. The van der Waals surface area contributed by atoms with Crippen molar-refractivity contribution in [3.8, 4) is 0 Å². The second-order valence-electron chi connectivity index (χ2n) is 5.66. The van der Waals surface area contributed by atoms with E-state index in [2.05, 4.69) is 10.3 Å². The Morgan fingerprint density at radius 1 is 1.48 bits per heavy atom. The van der Waals surface area contributed by atoms with Crippen LogP contribution in [0.25, 0.3) is 5.70 Å². The molecule has 0 fully saturated rings. The van der Waals surface area contributed by atoms with Gasteiger partial charge in [-0.1, -0.05) is 23.5 Å². The molecule has 0 saturated heterocycles. The number of hydrogen-bond donors (Lipinski definition) is 3. The third kappa shape index (κ3) is 4.05. The van der Waals surface area contributed by atoms with Gasteiger partial charge in [-0.05, 0) is 24.9 Å². The Morgan fingerprint density at radius 2 is 2.28 bits per heavy atom. The van der Waals surface area contributed by atoms with Crippen LogP contribution in [0.3, 0.4) is 0 Å². The molecule has 0 saturated carbocycles. The molecule has 3 rings (SSSR count). The van der Waals surface area contributed by atoms with E-state index in [-0.39, 0.29) is 12.6 Å². The quantitative estimate of drug-likeness (QED) is 0.665. The molecule has 4 N–H and O–H groups in total. The molecule has 1 aromatic heterocycles. The third-order valence-corrected chi connectivity index (χ3v) is 5.51. The lowest BCUT2D eigenvalue weighted by molar-refractivity contribution is 0.262. The summed E-state index contributed by atoms with van der Waals surface area (Å²) >= 11 is 2.76. The summed E-state index contributed by atoms with van der Waals surface area (Å²) in [7, 11) is 0. The number of thiazole rings is 1. The fourth-order valence-corrected chi connectivity index (χ4v) is 4.25. The molecule has 2 aromatic rings. The Hall–Kier alpha value is -1.84. The molecule has 0 aliphatic carbocycles. The van der Waals surface area contributed by atoms with Gasteiger partial charge in [-0.2, -0.15) is 0 Å². The molecule has 0 unspecified atom stereocenters. The summed E-state index contributed by atoms with van der Waals surface area (Å²) < 4.78 is 29.1. The molecule has 2 heterocycles. The maximum absolute atomic E-state index is 13.8. The van der Waals surface area contributed by atoms with Gasteiger partial charge in [0, 0.05) is 23.6 Å². The highest BCUT2D eigenvalue weighted by Gasteiger charge is 2.23. The summed E-state index contributed by atoms with van der Waals surface area (Å²) in [6, 6.07) is 4.03. The van der Waals surface area contributed by atoms with E-state index in [9.17, 15) is 13.9 Å². The maximum atomic E-state index is 13.8. The molecule has 1 aliphatic heterocycles. The molecule has 0 radical (unpaired) electrons. The number of fused-ring (bicyclic) bond motifs is 1. The Morgan fingerprint density at radius 3 is 3.04 bits per heavy atom. The van der Waals surface area contributed by atoms with Gasteiger partial charge in [0.15, 0.2) is 16.8 Å². The normalized spacial score (nSPS) is 14.9. The molecule has 9 heteroatoms. The number of anilines is 1. The van der Waals surface area contributed by atoms with Crippen LogP contribution in [0.4, 0.5) is 13.9 Å². The zero-order valence-electron chi connectivity index (χ0n) is 13.5. The standard InChI is InChI=1S/C16H18F2N4OS2/c1-9(7-23)20-12-5-22(6-13-15(12)21-16(19)25-13)24-8-10-3-2-4-11(17)14(10)18/h2-5,9,20,23H,6-8H2,1H3,(H2,19,21)/t9-/m1/s1. The number of aromatic nitrogens is 1. The molecule has 134 valence electrons. The first-order valence-corrected chi connectivity index (χ1v) is 9.41. The van der Waals surface area contributed by atoms with Crippen molar-refractivity contribution in [2.45, 2.75) is 25.3 Å². The molecule has 25 heavy (non-hydrogen) atoms. The number of rotatable bonds is 6. The van der Waals surface area contributed by atoms with Crippen LogP contribution < -0.4 is 11.1 Å². The van der Waals surface area contributed by atoms with E-state index in [4.69, 9.17) is 5.73 Å². The van der Waals surface area contributed by atoms with E-state index in [0.29, 0.717) is 23.0 Å². The number of nitrogens with one attached hydrogen (secondary N) is 1. The van der Waals surface area contributed by atoms with Gasteiger partial charge in [-0.15, -0.1) is 0 Å². The SMILES string of the molecule is C[C@H](CO)NC1=CN(SCc2cccc(F)c2F)Cc2sc(N)nc21. The largest absolute Gasteiger partial charge is 0.394 e. The lowest BCUT2D eigenvalue weighted by atomic mass is 10.2. The minimum absolute atomic E-state index is 0.0199. The number of nitrogen functional groups attached to an aromatic ring is 1. The van der Waals surface area contributed by atoms with Gasteiger partial charge in [0.05, 0.1) is 23.7 Å². The van der Waals surface area contributed by atoms with Crippen LogP contribution in [0.2, 0.25) is 0 Å². The van der Waals surface area contributed by atoms with Crippen LogP contribution in [-0.4, -0.2) is 27.0 Å². The summed E-state index contributed by atoms with van der Waals surface area (Å²) in [5, 5.41) is 12.9. The first-order chi connectivity index (χ1) is 12.0. The van der Waals surface area contributed by atoms with Crippen molar-refractivity contribution in [2.24, 2.45) is 0 Å². The van der Waals surface area contributed by atoms with Gasteiger partial charge in [0.2, 0.25) is 0 Å². The lowest BCUT2D eigenvalue weighted by Gasteiger charge is -2.26. The molecule has 1 atom stereocenters. The zero-order valence-corrected chi connectivity index (χ0v) is 15.1. The van der Waals surface area contributed by atoms with E-state index in [1.54, 1.807) is 6.07 Å². The van der Waals surface area contributed by atoms with Crippen LogP contribution in [0.15, 0.2) is 24.4 Å². The highest BCUT2D eigenvalue weighted by atomic mass is 32.2. The second-order valence-corrected chi connectivity index (χ2v) is 7.79. The highest BCUT2D eigenvalue weighted by molar-refractivity contribution is 7.96. The fourth-order valence-electron chi connectivity index (χ4n) is 2.39. The monoisotopic (exact) mass is 384 g/mol. The number of nitrogens with zero attached hydrogens (tertiary/aromatic N) is 2.